The molecule has 0 rings (SSSR count). The average molecular weight is 203 g/mol. The molecule has 1 unspecified atom stereocenters. The van der Waals surface area contributed by atoms with Crippen LogP contribution in [0.5, 0.6) is 0 Å². The van der Waals surface area contributed by atoms with Gasteiger partial charge >= 0.3 is 5.97 Å². The maximum absolute atomic E-state index is 10.4. The Morgan fingerprint density at radius 3 is 2.36 bits per heavy atom. The van der Waals surface area contributed by atoms with Crippen molar-refractivity contribution in [1.29, 1.82) is 0 Å². The predicted octanol–water partition coefficient (Wildman–Crippen LogP) is 1.21. The predicted molar refractivity (Wildman–Crippen MR) is 55.4 cm³/mol. The van der Waals surface area contributed by atoms with Crippen LogP contribution in [0.4, 0.5) is 0 Å². The zero-order valence-corrected chi connectivity index (χ0v) is 9.49. The van der Waals surface area contributed by atoms with Crippen molar-refractivity contribution in [2.45, 2.75) is 39.3 Å². The molecule has 0 saturated heterocycles. The smallest absolute Gasteiger partial charge is 0.304 e. The normalized spacial score (nSPS) is 13.6. The first-order valence-corrected chi connectivity index (χ1v) is 4.96. The molecule has 0 radical (unpaired) electrons. The number of methoxy groups -OCH3 is 1. The van der Waals surface area contributed by atoms with Gasteiger partial charge in [0.2, 0.25) is 0 Å². The van der Waals surface area contributed by atoms with Crippen LogP contribution in [0.25, 0.3) is 0 Å². The number of carboxylic acids is 1. The van der Waals surface area contributed by atoms with E-state index in [1.165, 1.54) is 0 Å². The van der Waals surface area contributed by atoms with Gasteiger partial charge in [-0.25, -0.2) is 0 Å². The van der Waals surface area contributed by atoms with E-state index in [0.29, 0.717) is 12.6 Å². The first-order chi connectivity index (χ1) is 6.47. The first kappa shape index (κ1) is 13.4. The molecule has 0 aliphatic heterocycles. The molecule has 14 heavy (non-hydrogen) atoms. The average Bonchev–Trinajstić information content (AvgIpc) is 2.10. The van der Waals surface area contributed by atoms with Crippen molar-refractivity contribution in [3.63, 3.8) is 0 Å². The van der Waals surface area contributed by atoms with E-state index in [2.05, 4.69) is 18.7 Å². The summed E-state index contributed by atoms with van der Waals surface area (Å²) in [6, 6.07) is 0.354. The molecular weight excluding hydrogens is 182 g/mol. The van der Waals surface area contributed by atoms with Gasteiger partial charge in [-0.1, -0.05) is 0 Å². The second kappa shape index (κ2) is 6.79. The van der Waals surface area contributed by atoms with E-state index >= 15 is 0 Å². The molecule has 4 heteroatoms. The van der Waals surface area contributed by atoms with Crippen LogP contribution in [0, 0.1) is 0 Å². The Hall–Kier alpha value is -0.610. The monoisotopic (exact) mass is 203 g/mol. The molecule has 4 nitrogen and oxygen atoms in total. The van der Waals surface area contributed by atoms with Crippen LogP contribution >= 0.6 is 0 Å². The summed E-state index contributed by atoms with van der Waals surface area (Å²) >= 11 is 0. The van der Waals surface area contributed by atoms with Crippen molar-refractivity contribution < 1.29 is 14.6 Å². The van der Waals surface area contributed by atoms with Crippen LogP contribution in [0.15, 0.2) is 0 Å². The fourth-order valence-electron chi connectivity index (χ4n) is 1.20. The second-order valence-electron chi connectivity index (χ2n) is 3.78. The second-order valence-corrected chi connectivity index (χ2v) is 3.78. The van der Waals surface area contributed by atoms with E-state index in [1.807, 2.05) is 6.92 Å². The molecule has 0 aromatic rings. The van der Waals surface area contributed by atoms with Crippen LogP contribution in [-0.2, 0) is 9.53 Å². The van der Waals surface area contributed by atoms with Crippen molar-refractivity contribution in [1.82, 2.24) is 4.90 Å². The molecule has 1 N–H and O–H groups in total. The van der Waals surface area contributed by atoms with Gasteiger partial charge in [0.1, 0.15) is 0 Å². The van der Waals surface area contributed by atoms with Gasteiger partial charge in [-0.05, 0) is 20.8 Å². The van der Waals surface area contributed by atoms with E-state index < -0.39 is 5.97 Å². The van der Waals surface area contributed by atoms with Crippen LogP contribution in [0.2, 0.25) is 0 Å². The Morgan fingerprint density at radius 1 is 1.43 bits per heavy atom. The van der Waals surface area contributed by atoms with Crippen molar-refractivity contribution in [3.05, 3.63) is 0 Å². The molecule has 0 aliphatic carbocycles. The Labute approximate surface area is 85.9 Å². The zero-order chi connectivity index (χ0) is 11.1. The highest BCUT2D eigenvalue weighted by atomic mass is 16.5. The van der Waals surface area contributed by atoms with Gasteiger partial charge < -0.3 is 9.84 Å². The van der Waals surface area contributed by atoms with Crippen LogP contribution in [-0.4, -0.2) is 48.3 Å². The van der Waals surface area contributed by atoms with E-state index in [-0.39, 0.29) is 12.5 Å². The largest absolute Gasteiger partial charge is 0.481 e. The maximum atomic E-state index is 10.4. The molecule has 0 heterocycles. The van der Waals surface area contributed by atoms with Crippen molar-refractivity contribution in [3.8, 4) is 0 Å². The van der Waals surface area contributed by atoms with Crippen LogP contribution in [0.3, 0.4) is 0 Å². The van der Waals surface area contributed by atoms with Gasteiger partial charge in [-0.2, -0.15) is 0 Å². The van der Waals surface area contributed by atoms with Crippen molar-refractivity contribution in [2.75, 3.05) is 20.2 Å². The number of carbonyl (C=O) groups is 1. The highest BCUT2D eigenvalue weighted by Crippen LogP contribution is 2.03. The summed E-state index contributed by atoms with van der Waals surface area (Å²) in [5.41, 5.74) is 0. The van der Waals surface area contributed by atoms with E-state index in [9.17, 15) is 4.79 Å². The SMILES string of the molecule is COC(C)CN(CCC(=O)O)C(C)C. The van der Waals surface area contributed by atoms with E-state index in [1.54, 1.807) is 7.11 Å². The number of ether oxygens (including phenoxy) is 1. The number of hydrogen-bond acceptors (Lipinski definition) is 3. The minimum atomic E-state index is -0.749. The fraction of sp³-hybridized carbons (Fsp3) is 0.900. The summed E-state index contributed by atoms with van der Waals surface area (Å²) in [5.74, 6) is -0.749. The van der Waals surface area contributed by atoms with E-state index in [4.69, 9.17) is 9.84 Å². The minimum Gasteiger partial charge on any atom is -0.481 e. The first-order valence-electron chi connectivity index (χ1n) is 4.96. The highest BCUT2D eigenvalue weighted by molar-refractivity contribution is 5.66. The molecule has 0 aliphatic rings. The lowest BCUT2D eigenvalue weighted by Crippen LogP contribution is -2.38. The Kier molecular flexibility index (Phi) is 6.49. The van der Waals surface area contributed by atoms with Gasteiger partial charge in [0, 0.05) is 26.2 Å². The van der Waals surface area contributed by atoms with Gasteiger partial charge in [0.25, 0.3) is 0 Å². The van der Waals surface area contributed by atoms with E-state index in [0.717, 1.165) is 6.54 Å². The lowest BCUT2D eigenvalue weighted by molar-refractivity contribution is -0.137. The molecule has 1 atom stereocenters. The summed E-state index contributed by atoms with van der Waals surface area (Å²) in [4.78, 5) is 12.5. The lowest BCUT2D eigenvalue weighted by atomic mass is 10.2. The maximum Gasteiger partial charge on any atom is 0.304 e. The van der Waals surface area contributed by atoms with Gasteiger partial charge in [-0.15, -0.1) is 0 Å². The summed E-state index contributed by atoms with van der Waals surface area (Å²) in [6.07, 6.45) is 0.334. The zero-order valence-electron chi connectivity index (χ0n) is 9.49. The molecule has 0 amide bonds. The Morgan fingerprint density at radius 2 is 2.00 bits per heavy atom. The third-order valence-corrected chi connectivity index (χ3v) is 2.24. The summed E-state index contributed by atoms with van der Waals surface area (Å²) in [5, 5.41) is 8.58. The van der Waals surface area contributed by atoms with Crippen LogP contribution in [0.1, 0.15) is 27.2 Å². The minimum absolute atomic E-state index is 0.145. The summed E-state index contributed by atoms with van der Waals surface area (Å²) < 4.78 is 5.15. The quantitative estimate of drug-likeness (QED) is 0.675. The Balaban J connectivity index is 3.95. The van der Waals surface area contributed by atoms with Gasteiger partial charge in [-0.3, -0.25) is 9.69 Å². The number of rotatable bonds is 7. The number of hydrogen-bond donors (Lipinski definition) is 1. The number of aliphatic carboxylic acids is 1. The third kappa shape index (κ3) is 5.94. The molecular formula is C10H21NO3. The molecule has 84 valence electrons. The molecule has 0 spiro atoms. The number of carboxylic acid groups (broad SMARTS) is 1. The van der Waals surface area contributed by atoms with Gasteiger partial charge in [0.15, 0.2) is 0 Å². The van der Waals surface area contributed by atoms with Crippen molar-refractivity contribution in [2.24, 2.45) is 0 Å². The van der Waals surface area contributed by atoms with Crippen molar-refractivity contribution >= 4 is 5.97 Å². The van der Waals surface area contributed by atoms with Crippen LogP contribution < -0.4 is 0 Å². The summed E-state index contributed by atoms with van der Waals surface area (Å²) in [7, 11) is 1.67. The lowest BCUT2D eigenvalue weighted by Gasteiger charge is -2.28. The van der Waals surface area contributed by atoms with Gasteiger partial charge in [0.05, 0.1) is 12.5 Å². The highest BCUT2D eigenvalue weighted by Gasteiger charge is 2.13. The summed E-state index contributed by atoms with van der Waals surface area (Å²) in [6.45, 7) is 7.47. The molecule has 0 fully saturated rings. The molecule has 0 aromatic heterocycles. The topological polar surface area (TPSA) is 49.8 Å². The molecule has 0 bridgehead atoms. The standard InChI is InChI=1S/C10H21NO3/c1-8(2)11(6-5-10(12)13)7-9(3)14-4/h8-9H,5-7H2,1-4H3,(H,12,13). The third-order valence-electron chi connectivity index (χ3n) is 2.24. The number of nitrogens with zero attached hydrogens (tertiary/aromatic N) is 1. The molecule has 0 saturated carbocycles. The molecule has 0 aromatic carbocycles. The fourth-order valence-corrected chi connectivity index (χ4v) is 1.20. The Bertz CT molecular complexity index is 171.